The van der Waals surface area contributed by atoms with Crippen LogP contribution in [0.4, 0.5) is 0 Å². The van der Waals surface area contributed by atoms with Crippen LogP contribution in [-0.2, 0) is 6.54 Å². The Labute approximate surface area is 97.8 Å². The third-order valence-corrected chi connectivity index (χ3v) is 3.43. The van der Waals surface area contributed by atoms with Gasteiger partial charge in [0.15, 0.2) is 0 Å². The molecule has 1 aromatic rings. The molecule has 3 heteroatoms. The van der Waals surface area contributed by atoms with Crippen molar-refractivity contribution in [3.63, 3.8) is 0 Å². The number of nitrogens with zero attached hydrogens (tertiary/aromatic N) is 1. The number of hydrogen-bond donors (Lipinski definition) is 1. The first-order valence-electron chi connectivity index (χ1n) is 6.19. The summed E-state index contributed by atoms with van der Waals surface area (Å²) >= 11 is 0. The molecule has 90 valence electrons. The quantitative estimate of drug-likeness (QED) is 0.845. The van der Waals surface area contributed by atoms with Crippen LogP contribution in [0.3, 0.4) is 0 Å². The molecular weight excluding hydrogens is 200 g/mol. The highest BCUT2D eigenvalue weighted by Crippen LogP contribution is 2.19. The lowest BCUT2D eigenvalue weighted by Gasteiger charge is -2.32. The monoisotopic (exact) mass is 222 g/mol. The Hall–Kier alpha value is -0.800. The largest absolute Gasteiger partial charge is 0.468 e. The van der Waals surface area contributed by atoms with Gasteiger partial charge in [0.05, 0.1) is 12.8 Å². The molecule has 0 aromatic carbocycles. The van der Waals surface area contributed by atoms with Crippen molar-refractivity contribution in [3.8, 4) is 0 Å². The van der Waals surface area contributed by atoms with Gasteiger partial charge in [-0.1, -0.05) is 0 Å². The minimum atomic E-state index is 0.800. The third-order valence-electron chi connectivity index (χ3n) is 3.43. The summed E-state index contributed by atoms with van der Waals surface area (Å²) in [6, 6.07) is 2.05. The molecule has 1 unspecified atom stereocenters. The van der Waals surface area contributed by atoms with Gasteiger partial charge >= 0.3 is 0 Å². The maximum atomic E-state index is 5.50. The molecule has 1 aromatic heterocycles. The Bertz CT molecular complexity index is 319. The predicted octanol–water partition coefficient (Wildman–Crippen LogP) is 2.02. The highest BCUT2D eigenvalue weighted by molar-refractivity contribution is 5.14. The Kier molecular flexibility index (Phi) is 4.02. The van der Waals surface area contributed by atoms with Crippen LogP contribution in [0, 0.1) is 12.8 Å². The number of likely N-dealkylation sites (tertiary alicyclic amines) is 1. The Morgan fingerprint density at radius 1 is 1.56 bits per heavy atom. The zero-order valence-electron chi connectivity index (χ0n) is 10.3. The summed E-state index contributed by atoms with van der Waals surface area (Å²) in [7, 11) is 2.04. The standard InChI is InChI=1S/C13H22N2O/c1-11-5-7-16-13(11)10-15-6-3-4-12(9-15)8-14-2/h5,7,12,14H,3-4,6,8-10H2,1-2H3. The van der Waals surface area contributed by atoms with E-state index in [1.54, 1.807) is 6.26 Å². The van der Waals surface area contributed by atoms with Crippen molar-refractivity contribution in [2.24, 2.45) is 5.92 Å². The summed E-state index contributed by atoms with van der Waals surface area (Å²) in [4.78, 5) is 2.51. The minimum absolute atomic E-state index is 0.800. The third kappa shape index (κ3) is 2.86. The number of rotatable bonds is 4. The van der Waals surface area contributed by atoms with Crippen LogP contribution >= 0.6 is 0 Å². The molecule has 1 aliphatic rings. The summed E-state index contributed by atoms with van der Waals surface area (Å²) in [5.41, 5.74) is 1.27. The van der Waals surface area contributed by atoms with Gasteiger partial charge in [-0.15, -0.1) is 0 Å². The van der Waals surface area contributed by atoms with Gasteiger partial charge in [-0.05, 0) is 57.5 Å². The maximum Gasteiger partial charge on any atom is 0.120 e. The fourth-order valence-electron chi connectivity index (χ4n) is 2.52. The van der Waals surface area contributed by atoms with Gasteiger partial charge in [-0.25, -0.2) is 0 Å². The molecular formula is C13H22N2O. The van der Waals surface area contributed by atoms with Crippen molar-refractivity contribution in [2.45, 2.75) is 26.3 Å². The van der Waals surface area contributed by atoms with Crippen molar-refractivity contribution in [2.75, 3.05) is 26.7 Å². The summed E-state index contributed by atoms with van der Waals surface area (Å²) in [5.74, 6) is 1.93. The fourth-order valence-corrected chi connectivity index (χ4v) is 2.52. The van der Waals surface area contributed by atoms with Crippen LogP contribution in [-0.4, -0.2) is 31.6 Å². The van der Waals surface area contributed by atoms with Gasteiger partial charge in [0, 0.05) is 6.54 Å². The second-order valence-electron chi connectivity index (χ2n) is 4.83. The van der Waals surface area contributed by atoms with E-state index in [1.807, 2.05) is 13.1 Å². The number of aryl methyl sites for hydroxylation is 1. The SMILES string of the molecule is CNCC1CCCN(Cc2occc2C)C1. The van der Waals surface area contributed by atoms with E-state index in [0.717, 1.165) is 24.8 Å². The minimum Gasteiger partial charge on any atom is -0.468 e. The summed E-state index contributed by atoms with van der Waals surface area (Å²) in [6.45, 7) is 6.63. The second-order valence-corrected chi connectivity index (χ2v) is 4.83. The average Bonchev–Trinajstić information content (AvgIpc) is 2.66. The zero-order valence-corrected chi connectivity index (χ0v) is 10.3. The predicted molar refractivity (Wildman–Crippen MR) is 65.4 cm³/mol. The number of piperidine rings is 1. The highest BCUT2D eigenvalue weighted by atomic mass is 16.3. The molecule has 1 N–H and O–H groups in total. The van der Waals surface area contributed by atoms with Crippen molar-refractivity contribution in [1.29, 1.82) is 0 Å². The van der Waals surface area contributed by atoms with E-state index in [4.69, 9.17) is 4.42 Å². The summed E-state index contributed by atoms with van der Waals surface area (Å²) in [5, 5.41) is 3.28. The maximum absolute atomic E-state index is 5.50. The van der Waals surface area contributed by atoms with Gasteiger partial charge in [0.2, 0.25) is 0 Å². The lowest BCUT2D eigenvalue weighted by molar-refractivity contribution is 0.156. The first-order chi connectivity index (χ1) is 7.79. The Balaban J connectivity index is 1.88. The molecule has 1 fully saturated rings. The highest BCUT2D eigenvalue weighted by Gasteiger charge is 2.20. The molecule has 0 spiro atoms. The molecule has 0 amide bonds. The van der Waals surface area contributed by atoms with E-state index in [-0.39, 0.29) is 0 Å². The lowest BCUT2D eigenvalue weighted by Crippen LogP contribution is -2.38. The molecule has 1 aliphatic heterocycles. The first kappa shape index (κ1) is 11.7. The fraction of sp³-hybridized carbons (Fsp3) is 0.692. The van der Waals surface area contributed by atoms with Crippen molar-refractivity contribution in [3.05, 3.63) is 23.7 Å². The van der Waals surface area contributed by atoms with Crippen molar-refractivity contribution >= 4 is 0 Å². The summed E-state index contributed by atoms with van der Waals surface area (Å²) < 4.78 is 5.50. The van der Waals surface area contributed by atoms with E-state index in [1.165, 1.54) is 31.5 Å². The molecule has 16 heavy (non-hydrogen) atoms. The molecule has 1 saturated heterocycles. The molecule has 0 bridgehead atoms. The van der Waals surface area contributed by atoms with Crippen molar-refractivity contribution < 1.29 is 4.42 Å². The Morgan fingerprint density at radius 2 is 2.44 bits per heavy atom. The van der Waals surface area contributed by atoms with Gasteiger partial charge < -0.3 is 9.73 Å². The van der Waals surface area contributed by atoms with Crippen LogP contribution in [0.1, 0.15) is 24.2 Å². The van der Waals surface area contributed by atoms with E-state index in [9.17, 15) is 0 Å². The van der Waals surface area contributed by atoms with Crippen LogP contribution in [0.2, 0.25) is 0 Å². The van der Waals surface area contributed by atoms with Gasteiger partial charge in [-0.2, -0.15) is 0 Å². The first-order valence-corrected chi connectivity index (χ1v) is 6.19. The molecule has 2 rings (SSSR count). The van der Waals surface area contributed by atoms with Crippen LogP contribution < -0.4 is 5.32 Å². The number of furan rings is 1. The Morgan fingerprint density at radius 3 is 3.12 bits per heavy atom. The summed E-state index contributed by atoms with van der Waals surface area (Å²) in [6.07, 6.45) is 4.46. The smallest absolute Gasteiger partial charge is 0.120 e. The van der Waals surface area contributed by atoms with E-state index in [2.05, 4.69) is 17.1 Å². The average molecular weight is 222 g/mol. The van der Waals surface area contributed by atoms with Gasteiger partial charge in [-0.3, -0.25) is 4.90 Å². The van der Waals surface area contributed by atoms with E-state index in [0.29, 0.717) is 0 Å². The lowest BCUT2D eigenvalue weighted by atomic mass is 9.98. The molecule has 0 radical (unpaired) electrons. The molecule has 0 aliphatic carbocycles. The van der Waals surface area contributed by atoms with Crippen LogP contribution in [0.15, 0.2) is 16.7 Å². The molecule has 0 saturated carbocycles. The second kappa shape index (κ2) is 5.51. The molecule has 3 nitrogen and oxygen atoms in total. The molecule has 2 heterocycles. The molecule has 1 atom stereocenters. The topological polar surface area (TPSA) is 28.4 Å². The van der Waals surface area contributed by atoms with Crippen LogP contribution in [0.25, 0.3) is 0 Å². The van der Waals surface area contributed by atoms with E-state index >= 15 is 0 Å². The number of nitrogens with one attached hydrogen (secondary N) is 1. The van der Waals surface area contributed by atoms with Gasteiger partial charge in [0.1, 0.15) is 5.76 Å². The normalized spacial score (nSPS) is 22.5. The van der Waals surface area contributed by atoms with Crippen LogP contribution in [0.5, 0.6) is 0 Å². The zero-order chi connectivity index (χ0) is 11.4. The van der Waals surface area contributed by atoms with E-state index < -0.39 is 0 Å². The van der Waals surface area contributed by atoms with Gasteiger partial charge in [0.25, 0.3) is 0 Å². The van der Waals surface area contributed by atoms with Crippen molar-refractivity contribution in [1.82, 2.24) is 10.2 Å². The number of hydrogen-bond acceptors (Lipinski definition) is 3.